The predicted molar refractivity (Wildman–Crippen MR) is 101 cm³/mol. The number of carbonyl (C=O) groups is 1. The third kappa shape index (κ3) is 3.41. The van der Waals surface area contributed by atoms with Crippen LogP contribution in [0.3, 0.4) is 0 Å². The van der Waals surface area contributed by atoms with Crippen LogP contribution in [0.4, 0.5) is 5.69 Å². The molecule has 4 nitrogen and oxygen atoms in total. The maximum Gasteiger partial charge on any atom is 0.266 e. The van der Waals surface area contributed by atoms with Gasteiger partial charge in [-0.15, -0.1) is 11.3 Å². The van der Waals surface area contributed by atoms with Gasteiger partial charge in [-0.05, 0) is 43.2 Å². The van der Waals surface area contributed by atoms with Crippen molar-refractivity contribution in [2.75, 3.05) is 18.8 Å². The molecule has 1 saturated heterocycles. The van der Waals surface area contributed by atoms with Gasteiger partial charge >= 0.3 is 0 Å². The Morgan fingerprint density at radius 1 is 1.33 bits per heavy atom. The van der Waals surface area contributed by atoms with Gasteiger partial charge in [0, 0.05) is 24.2 Å². The van der Waals surface area contributed by atoms with E-state index in [1.54, 1.807) is 0 Å². The Kier molecular flexibility index (Phi) is 5.09. The van der Waals surface area contributed by atoms with Gasteiger partial charge in [-0.3, -0.25) is 4.79 Å². The van der Waals surface area contributed by atoms with E-state index in [-0.39, 0.29) is 5.91 Å². The molecule has 2 aromatic rings. The highest BCUT2D eigenvalue weighted by Crippen LogP contribution is 2.34. The molecule has 3 heterocycles. The van der Waals surface area contributed by atoms with Crippen LogP contribution >= 0.6 is 11.3 Å². The Balaban J connectivity index is 1.88. The summed E-state index contributed by atoms with van der Waals surface area (Å²) < 4.78 is 0. The number of nitrogens with zero attached hydrogens (tertiary/aromatic N) is 2. The van der Waals surface area contributed by atoms with Gasteiger partial charge in [-0.2, -0.15) is 0 Å². The minimum absolute atomic E-state index is 0.0732. The first kappa shape index (κ1) is 17.2. The summed E-state index contributed by atoms with van der Waals surface area (Å²) in [5, 5.41) is 0.918. The molecule has 0 aliphatic carbocycles. The molecule has 0 radical (unpaired) electrons. The summed E-state index contributed by atoms with van der Waals surface area (Å²) in [6.07, 6.45) is 4.46. The summed E-state index contributed by atoms with van der Waals surface area (Å²) in [7, 11) is 0. The molecule has 1 aliphatic rings. The maximum atomic E-state index is 13.0. The molecule has 3 rings (SSSR count). The first-order valence-electron chi connectivity index (χ1n) is 8.96. The van der Waals surface area contributed by atoms with Crippen molar-refractivity contribution < 1.29 is 4.79 Å². The van der Waals surface area contributed by atoms with Crippen molar-refractivity contribution in [3.8, 4) is 0 Å². The Hall–Kier alpha value is -1.62. The zero-order valence-electron chi connectivity index (χ0n) is 14.8. The van der Waals surface area contributed by atoms with Crippen molar-refractivity contribution >= 4 is 33.1 Å². The Morgan fingerprint density at radius 2 is 2.04 bits per heavy atom. The number of carbonyl (C=O) groups excluding carboxylic acids is 1. The summed E-state index contributed by atoms with van der Waals surface area (Å²) in [5.41, 5.74) is 7.97. The molecule has 5 heteroatoms. The largest absolute Gasteiger partial charge is 0.397 e. The summed E-state index contributed by atoms with van der Waals surface area (Å²) in [6.45, 7) is 8.26. The van der Waals surface area contributed by atoms with Gasteiger partial charge in [0.05, 0.1) is 5.69 Å². The van der Waals surface area contributed by atoms with E-state index >= 15 is 0 Å². The lowest BCUT2D eigenvalue weighted by Gasteiger charge is -2.34. The fourth-order valence-electron chi connectivity index (χ4n) is 3.66. The number of aryl methyl sites for hydroxylation is 1. The number of fused-ring (bicyclic) bond motifs is 1. The van der Waals surface area contributed by atoms with Gasteiger partial charge in [0.15, 0.2) is 0 Å². The van der Waals surface area contributed by atoms with Crippen LogP contribution in [0.2, 0.25) is 0 Å². The predicted octanol–water partition coefficient (Wildman–Crippen LogP) is 4.34. The number of likely N-dealkylation sites (tertiary alicyclic amines) is 1. The van der Waals surface area contributed by atoms with Gasteiger partial charge in [0.1, 0.15) is 9.71 Å². The molecule has 2 N–H and O–H groups in total. The van der Waals surface area contributed by atoms with E-state index in [0.29, 0.717) is 22.4 Å². The SMILES string of the molecule is CCCCc1ccc2c(N)c(C(=O)N3CC(C)CC(C)C3)sc2n1. The Morgan fingerprint density at radius 3 is 2.71 bits per heavy atom. The van der Waals surface area contributed by atoms with Crippen LogP contribution in [-0.2, 0) is 6.42 Å². The van der Waals surface area contributed by atoms with Gasteiger partial charge < -0.3 is 10.6 Å². The molecule has 1 fully saturated rings. The quantitative estimate of drug-likeness (QED) is 0.897. The van der Waals surface area contributed by atoms with Crippen molar-refractivity contribution in [2.45, 2.75) is 46.5 Å². The molecule has 2 aromatic heterocycles. The van der Waals surface area contributed by atoms with E-state index in [1.807, 2.05) is 17.0 Å². The van der Waals surface area contributed by atoms with Crippen LogP contribution < -0.4 is 5.73 Å². The maximum absolute atomic E-state index is 13.0. The van der Waals surface area contributed by atoms with Gasteiger partial charge in [-0.1, -0.05) is 27.2 Å². The van der Waals surface area contributed by atoms with E-state index < -0.39 is 0 Å². The number of rotatable bonds is 4. The fraction of sp³-hybridized carbons (Fsp3) is 0.579. The van der Waals surface area contributed by atoms with E-state index in [1.165, 1.54) is 17.8 Å². The molecule has 1 aliphatic heterocycles. The van der Waals surface area contributed by atoms with Crippen molar-refractivity contribution in [2.24, 2.45) is 11.8 Å². The molecule has 0 spiro atoms. The van der Waals surface area contributed by atoms with Gasteiger partial charge in [-0.25, -0.2) is 4.98 Å². The smallest absolute Gasteiger partial charge is 0.266 e. The highest BCUT2D eigenvalue weighted by Gasteiger charge is 2.28. The van der Waals surface area contributed by atoms with E-state index in [0.717, 1.165) is 48.3 Å². The first-order valence-corrected chi connectivity index (χ1v) is 9.78. The van der Waals surface area contributed by atoms with Gasteiger partial charge in [0.2, 0.25) is 0 Å². The summed E-state index contributed by atoms with van der Waals surface area (Å²) >= 11 is 1.45. The van der Waals surface area contributed by atoms with Crippen LogP contribution in [0.5, 0.6) is 0 Å². The number of anilines is 1. The summed E-state index contributed by atoms with van der Waals surface area (Å²) in [6, 6.07) is 4.07. The monoisotopic (exact) mass is 345 g/mol. The first-order chi connectivity index (χ1) is 11.5. The number of piperidine rings is 1. The number of unbranched alkanes of at least 4 members (excludes halogenated alkanes) is 1. The zero-order chi connectivity index (χ0) is 17.3. The molecule has 2 atom stereocenters. The second-order valence-corrected chi connectivity index (χ2v) is 8.26. The number of pyridine rings is 1. The average Bonchev–Trinajstić information content (AvgIpc) is 2.87. The second-order valence-electron chi connectivity index (χ2n) is 7.26. The second kappa shape index (κ2) is 7.09. The molecule has 24 heavy (non-hydrogen) atoms. The number of thiophene rings is 1. The van der Waals surface area contributed by atoms with Crippen LogP contribution in [0.25, 0.3) is 10.2 Å². The van der Waals surface area contributed by atoms with Crippen LogP contribution in [0.1, 0.15) is 55.4 Å². The number of hydrogen-bond donors (Lipinski definition) is 1. The molecule has 1 amide bonds. The highest BCUT2D eigenvalue weighted by molar-refractivity contribution is 7.21. The lowest BCUT2D eigenvalue weighted by atomic mass is 9.92. The van der Waals surface area contributed by atoms with Crippen LogP contribution in [0.15, 0.2) is 12.1 Å². The Labute approximate surface area is 148 Å². The van der Waals surface area contributed by atoms with Gasteiger partial charge in [0.25, 0.3) is 5.91 Å². The number of amides is 1. The van der Waals surface area contributed by atoms with Crippen LogP contribution in [0, 0.1) is 11.8 Å². The molecule has 0 bridgehead atoms. The van der Waals surface area contributed by atoms with E-state index in [9.17, 15) is 4.79 Å². The van der Waals surface area contributed by atoms with Crippen molar-refractivity contribution in [1.29, 1.82) is 0 Å². The van der Waals surface area contributed by atoms with Crippen molar-refractivity contribution in [3.05, 3.63) is 22.7 Å². The fourth-order valence-corrected chi connectivity index (χ4v) is 4.74. The summed E-state index contributed by atoms with van der Waals surface area (Å²) in [5.74, 6) is 1.17. The van der Waals surface area contributed by atoms with E-state index in [2.05, 4.69) is 20.8 Å². The number of nitrogen functional groups attached to an aromatic ring is 1. The lowest BCUT2D eigenvalue weighted by Crippen LogP contribution is -2.42. The Bertz CT molecular complexity index is 730. The summed E-state index contributed by atoms with van der Waals surface area (Å²) in [4.78, 5) is 21.2. The number of aromatic nitrogens is 1. The standard InChI is InChI=1S/C19H27N3OS/c1-4-5-6-14-7-8-15-16(20)17(24-18(15)21-14)19(23)22-10-12(2)9-13(3)11-22/h7-8,12-13H,4-6,9-11,20H2,1-3H3. The molecular weight excluding hydrogens is 318 g/mol. The normalized spacial score (nSPS) is 21.4. The molecular formula is C19H27N3OS. The molecule has 0 saturated carbocycles. The minimum Gasteiger partial charge on any atom is -0.397 e. The molecule has 0 aromatic carbocycles. The molecule has 2 unspecified atom stereocenters. The minimum atomic E-state index is 0.0732. The van der Waals surface area contributed by atoms with E-state index in [4.69, 9.17) is 10.7 Å². The lowest BCUT2D eigenvalue weighted by molar-refractivity contribution is 0.0629. The van der Waals surface area contributed by atoms with Crippen LogP contribution in [-0.4, -0.2) is 28.9 Å². The molecule has 130 valence electrons. The highest BCUT2D eigenvalue weighted by atomic mass is 32.1. The average molecular weight is 346 g/mol. The third-order valence-electron chi connectivity index (χ3n) is 4.79. The third-order valence-corrected chi connectivity index (χ3v) is 5.89. The number of hydrogen-bond acceptors (Lipinski definition) is 4. The van der Waals surface area contributed by atoms with Crippen molar-refractivity contribution in [3.63, 3.8) is 0 Å². The topological polar surface area (TPSA) is 59.2 Å². The zero-order valence-corrected chi connectivity index (χ0v) is 15.7. The number of nitrogens with two attached hydrogens (primary N) is 1. The van der Waals surface area contributed by atoms with Crippen molar-refractivity contribution in [1.82, 2.24) is 9.88 Å².